The fraction of sp³-hybridized carbons (Fsp3) is 0.250. The van der Waals surface area contributed by atoms with Crippen molar-refractivity contribution in [2.45, 2.75) is 12.8 Å². The Hall–Kier alpha value is -2.14. The summed E-state index contributed by atoms with van der Waals surface area (Å²) in [6.45, 7) is 2.21. The molecule has 4 nitrogen and oxygen atoms in total. The summed E-state index contributed by atoms with van der Waals surface area (Å²) in [5.74, 6) is 1.29. The highest BCUT2D eigenvalue weighted by atomic mass is 32.1. The van der Waals surface area contributed by atoms with Gasteiger partial charge in [0.15, 0.2) is 5.82 Å². The largest absolute Gasteiger partial charge is 0.383 e. The molecule has 0 spiro atoms. The van der Waals surface area contributed by atoms with E-state index in [0.29, 0.717) is 5.82 Å². The van der Waals surface area contributed by atoms with E-state index in [9.17, 15) is 0 Å². The zero-order chi connectivity index (χ0) is 14.2. The lowest BCUT2D eigenvalue weighted by Crippen LogP contribution is -2.18. The van der Waals surface area contributed by atoms with E-state index in [-0.39, 0.29) is 0 Å². The first kappa shape index (κ1) is 12.6. The van der Waals surface area contributed by atoms with Gasteiger partial charge in [-0.05, 0) is 36.4 Å². The van der Waals surface area contributed by atoms with Crippen LogP contribution in [0.15, 0.2) is 35.7 Å². The van der Waals surface area contributed by atoms with Crippen LogP contribution < -0.4 is 10.6 Å². The first-order chi connectivity index (χ1) is 10.3. The number of aromatic nitrogens is 2. The number of nitrogens with two attached hydrogens (primary N) is 1. The number of benzene rings is 1. The second-order valence-corrected chi connectivity index (χ2v) is 6.18. The molecule has 3 heterocycles. The van der Waals surface area contributed by atoms with E-state index in [1.54, 1.807) is 11.3 Å². The van der Waals surface area contributed by atoms with Crippen molar-refractivity contribution in [2.24, 2.45) is 0 Å². The maximum atomic E-state index is 6.08. The van der Waals surface area contributed by atoms with E-state index in [0.717, 1.165) is 34.7 Å². The van der Waals surface area contributed by atoms with Crippen LogP contribution in [0.2, 0.25) is 0 Å². The molecule has 2 N–H and O–H groups in total. The summed E-state index contributed by atoms with van der Waals surface area (Å²) in [7, 11) is 0. The van der Waals surface area contributed by atoms with Gasteiger partial charge in [0.2, 0.25) is 0 Å². The predicted octanol–water partition coefficient (Wildman–Crippen LogP) is 3.54. The van der Waals surface area contributed by atoms with Crippen LogP contribution in [0, 0.1) is 0 Å². The summed E-state index contributed by atoms with van der Waals surface area (Å²) in [5.41, 5.74) is 8.37. The molecular weight excluding hydrogens is 280 g/mol. The minimum Gasteiger partial charge on any atom is -0.383 e. The van der Waals surface area contributed by atoms with Crippen molar-refractivity contribution in [2.75, 3.05) is 23.7 Å². The van der Waals surface area contributed by atoms with Crippen LogP contribution >= 0.6 is 11.3 Å². The highest BCUT2D eigenvalue weighted by molar-refractivity contribution is 7.16. The molecule has 21 heavy (non-hydrogen) atoms. The van der Waals surface area contributed by atoms with Crippen LogP contribution in [0.25, 0.3) is 21.6 Å². The highest BCUT2D eigenvalue weighted by Crippen LogP contribution is 2.33. The quantitative estimate of drug-likeness (QED) is 0.786. The number of para-hydroxylation sites is 1. The van der Waals surface area contributed by atoms with Gasteiger partial charge in [-0.1, -0.05) is 12.1 Å². The molecule has 0 atom stereocenters. The number of nitrogen functional groups attached to an aromatic ring is 1. The summed E-state index contributed by atoms with van der Waals surface area (Å²) >= 11 is 1.60. The van der Waals surface area contributed by atoms with Crippen molar-refractivity contribution in [3.8, 4) is 11.4 Å². The molecule has 106 valence electrons. The molecule has 4 rings (SSSR count). The average molecular weight is 296 g/mol. The van der Waals surface area contributed by atoms with Crippen molar-refractivity contribution < 1.29 is 0 Å². The van der Waals surface area contributed by atoms with Gasteiger partial charge in [-0.15, -0.1) is 11.3 Å². The third kappa shape index (κ3) is 2.14. The lowest BCUT2D eigenvalue weighted by atomic mass is 10.1. The Morgan fingerprint density at radius 1 is 1.05 bits per heavy atom. The van der Waals surface area contributed by atoms with E-state index in [1.165, 1.54) is 18.5 Å². The molecule has 0 radical (unpaired) electrons. The Balaban J connectivity index is 1.88. The molecule has 0 saturated carbocycles. The lowest BCUT2D eigenvalue weighted by molar-refractivity contribution is 0.949. The Bertz CT molecular complexity index is 790. The topological polar surface area (TPSA) is 55.0 Å². The third-order valence-electron chi connectivity index (χ3n) is 3.95. The van der Waals surface area contributed by atoms with Crippen molar-refractivity contribution >= 4 is 33.1 Å². The number of hydrogen-bond donors (Lipinski definition) is 1. The van der Waals surface area contributed by atoms with Gasteiger partial charge in [-0.2, -0.15) is 0 Å². The maximum absolute atomic E-state index is 6.08. The molecule has 0 aliphatic carbocycles. The molecule has 1 fully saturated rings. The van der Waals surface area contributed by atoms with Gasteiger partial charge in [-0.25, -0.2) is 9.97 Å². The number of fused-ring (bicyclic) bond motifs is 1. The van der Waals surface area contributed by atoms with Crippen molar-refractivity contribution in [1.29, 1.82) is 0 Å². The van der Waals surface area contributed by atoms with E-state index >= 15 is 0 Å². The number of rotatable bonds is 2. The molecule has 0 unspecified atom stereocenters. The monoisotopic (exact) mass is 296 g/mol. The minimum absolute atomic E-state index is 0.562. The Labute approximate surface area is 127 Å². The van der Waals surface area contributed by atoms with Crippen LogP contribution in [0.5, 0.6) is 0 Å². The molecule has 2 aromatic heterocycles. The molecule has 1 aliphatic rings. The van der Waals surface area contributed by atoms with Gasteiger partial charge in [0, 0.05) is 24.3 Å². The SMILES string of the molecule is Nc1nc(-c2ccccc2N2CCCC2)nc2sccc12. The van der Waals surface area contributed by atoms with Gasteiger partial charge in [0.05, 0.1) is 5.39 Å². The molecule has 1 aromatic carbocycles. The van der Waals surface area contributed by atoms with Crippen LogP contribution in [-0.4, -0.2) is 23.1 Å². The summed E-state index contributed by atoms with van der Waals surface area (Å²) in [6.07, 6.45) is 2.50. The molecule has 1 aliphatic heterocycles. The fourth-order valence-corrected chi connectivity index (χ4v) is 3.67. The van der Waals surface area contributed by atoms with E-state index < -0.39 is 0 Å². The summed E-state index contributed by atoms with van der Waals surface area (Å²) in [4.78, 5) is 12.6. The second kappa shape index (κ2) is 5.00. The van der Waals surface area contributed by atoms with Gasteiger partial charge < -0.3 is 10.6 Å². The van der Waals surface area contributed by atoms with Crippen molar-refractivity contribution in [1.82, 2.24) is 9.97 Å². The fourth-order valence-electron chi connectivity index (χ4n) is 2.90. The normalized spacial score (nSPS) is 15.0. The molecule has 1 saturated heterocycles. The molecule has 3 aromatic rings. The number of anilines is 2. The highest BCUT2D eigenvalue weighted by Gasteiger charge is 2.18. The standard InChI is InChI=1S/C16H16N4S/c17-14-12-7-10-21-16(12)19-15(18-14)11-5-1-2-6-13(11)20-8-3-4-9-20/h1-2,5-7,10H,3-4,8-9H2,(H2,17,18,19). The molecule has 0 amide bonds. The smallest absolute Gasteiger partial charge is 0.165 e. The van der Waals surface area contributed by atoms with E-state index in [4.69, 9.17) is 10.7 Å². The number of nitrogens with zero attached hydrogens (tertiary/aromatic N) is 3. The van der Waals surface area contributed by atoms with Crippen LogP contribution in [0.4, 0.5) is 11.5 Å². The molecular formula is C16H16N4S. The van der Waals surface area contributed by atoms with Crippen LogP contribution in [0.3, 0.4) is 0 Å². The van der Waals surface area contributed by atoms with Crippen LogP contribution in [0.1, 0.15) is 12.8 Å². The van der Waals surface area contributed by atoms with E-state index in [2.05, 4.69) is 28.1 Å². The molecule has 5 heteroatoms. The van der Waals surface area contributed by atoms with Crippen molar-refractivity contribution in [3.63, 3.8) is 0 Å². The van der Waals surface area contributed by atoms with Crippen molar-refractivity contribution in [3.05, 3.63) is 35.7 Å². The minimum atomic E-state index is 0.562. The Morgan fingerprint density at radius 3 is 2.71 bits per heavy atom. The van der Waals surface area contributed by atoms with Gasteiger partial charge in [-0.3, -0.25) is 0 Å². The number of thiophene rings is 1. The first-order valence-electron chi connectivity index (χ1n) is 7.18. The predicted molar refractivity (Wildman–Crippen MR) is 88.7 cm³/mol. The number of hydrogen-bond acceptors (Lipinski definition) is 5. The first-order valence-corrected chi connectivity index (χ1v) is 8.06. The Morgan fingerprint density at radius 2 is 1.86 bits per heavy atom. The second-order valence-electron chi connectivity index (χ2n) is 5.28. The lowest BCUT2D eigenvalue weighted by Gasteiger charge is -2.20. The zero-order valence-electron chi connectivity index (χ0n) is 11.6. The maximum Gasteiger partial charge on any atom is 0.165 e. The van der Waals surface area contributed by atoms with Gasteiger partial charge in [0.25, 0.3) is 0 Å². The average Bonchev–Trinajstić information content (AvgIpc) is 3.18. The van der Waals surface area contributed by atoms with E-state index in [1.807, 2.05) is 17.5 Å². The summed E-state index contributed by atoms with van der Waals surface area (Å²) < 4.78 is 0. The van der Waals surface area contributed by atoms with Crippen LogP contribution in [-0.2, 0) is 0 Å². The van der Waals surface area contributed by atoms with Gasteiger partial charge in [0.1, 0.15) is 10.6 Å². The van der Waals surface area contributed by atoms with Gasteiger partial charge >= 0.3 is 0 Å². The summed E-state index contributed by atoms with van der Waals surface area (Å²) in [6, 6.07) is 10.3. The Kier molecular flexibility index (Phi) is 3.00. The zero-order valence-corrected chi connectivity index (χ0v) is 12.4. The third-order valence-corrected chi connectivity index (χ3v) is 4.75. The summed E-state index contributed by atoms with van der Waals surface area (Å²) in [5, 5.41) is 2.95. The molecule has 0 bridgehead atoms.